The summed E-state index contributed by atoms with van der Waals surface area (Å²) in [6.07, 6.45) is 4.87. The SMILES string of the molecule is NC1(Cc2ccncc2Cl)CCOc2ccccc21. The number of benzene rings is 1. The van der Waals surface area contributed by atoms with E-state index in [4.69, 9.17) is 22.1 Å². The second kappa shape index (κ2) is 4.83. The van der Waals surface area contributed by atoms with Crippen molar-refractivity contribution < 1.29 is 4.74 Å². The zero-order valence-corrected chi connectivity index (χ0v) is 11.2. The van der Waals surface area contributed by atoms with Gasteiger partial charge in [-0.1, -0.05) is 29.8 Å². The summed E-state index contributed by atoms with van der Waals surface area (Å²) in [6, 6.07) is 9.87. The Kier molecular flexibility index (Phi) is 3.17. The van der Waals surface area contributed by atoms with Crippen LogP contribution in [0.3, 0.4) is 0 Å². The van der Waals surface area contributed by atoms with Gasteiger partial charge in [-0.05, 0) is 24.1 Å². The van der Waals surface area contributed by atoms with Crippen LogP contribution >= 0.6 is 11.6 Å². The lowest BCUT2D eigenvalue weighted by Crippen LogP contribution is -2.43. The average Bonchev–Trinajstić information content (AvgIpc) is 2.42. The highest BCUT2D eigenvalue weighted by molar-refractivity contribution is 6.31. The number of ether oxygens (including phenoxy) is 1. The molecule has 1 aromatic carbocycles. The molecule has 4 heteroatoms. The summed E-state index contributed by atoms with van der Waals surface area (Å²) in [5, 5.41) is 0.663. The quantitative estimate of drug-likeness (QED) is 0.916. The highest BCUT2D eigenvalue weighted by Gasteiger charge is 2.34. The molecule has 1 aliphatic rings. The van der Waals surface area contributed by atoms with Gasteiger partial charge in [0.2, 0.25) is 0 Å². The second-order valence-electron chi connectivity index (χ2n) is 4.89. The zero-order chi connectivity index (χ0) is 13.3. The number of hydrogen-bond acceptors (Lipinski definition) is 3. The van der Waals surface area contributed by atoms with E-state index in [1.54, 1.807) is 12.4 Å². The predicted octanol–water partition coefficient (Wildman–Crippen LogP) is 2.91. The van der Waals surface area contributed by atoms with Crippen LogP contribution in [0.4, 0.5) is 0 Å². The minimum atomic E-state index is -0.431. The molecule has 98 valence electrons. The molecule has 0 radical (unpaired) electrons. The molecule has 0 saturated carbocycles. The van der Waals surface area contributed by atoms with Crippen LogP contribution < -0.4 is 10.5 Å². The van der Waals surface area contributed by atoms with Crippen LogP contribution in [0.2, 0.25) is 5.02 Å². The van der Waals surface area contributed by atoms with Crippen LogP contribution in [-0.4, -0.2) is 11.6 Å². The third kappa shape index (κ3) is 2.31. The Morgan fingerprint density at radius 3 is 3.00 bits per heavy atom. The van der Waals surface area contributed by atoms with Gasteiger partial charge in [0.1, 0.15) is 5.75 Å². The van der Waals surface area contributed by atoms with Crippen LogP contribution in [0.5, 0.6) is 5.75 Å². The fraction of sp³-hybridized carbons (Fsp3) is 0.267. The van der Waals surface area contributed by atoms with Crippen molar-refractivity contribution in [1.29, 1.82) is 0 Å². The lowest BCUT2D eigenvalue weighted by Gasteiger charge is -2.35. The number of halogens is 1. The summed E-state index contributed by atoms with van der Waals surface area (Å²) in [5.41, 5.74) is 8.26. The molecular formula is C15H15ClN2O. The smallest absolute Gasteiger partial charge is 0.124 e. The van der Waals surface area contributed by atoms with E-state index in [1.165, 1.54) is 0 Å². The molecule has 2 N–H and O–H groups in total. The van der Waals surface area contributed by atoms with Gasteiger partial charge >= 0.3 is 0 Å². The van der Waals surface area contributed by atoms with Gasteiger partial charge < -0.3 is 10.5 Å². The van der Waals surface area contributed by atoms with Crippen molar-refractivity contribution in [2.45, 2.75) is 18.4 Å². The normalized spacial score (nSPS) is 21.6. The molecule has 0 bridgehead atoms. The number of nitrogens with zero attached hydrogens (tertiary/aromatic N) is 1. The van der Waals surface area contributed by atoms with E-state index in [1.807, 2.05) is 30.3 Å². The first-order valence-corrected chi connectivity index (χ1v) is 6.66. The van der Waals surface area contributed by atoms with E-state index in [-0.39, 0.29) is 0 Å². The fourth-order valence-electron chi connectivity index (χ4n) is 2.55. The fourth-order valence-corrected chi connectivity index (χ4v) is 2.74. The summed E-state index contributed by atoms with van der Waals surface area (Å²) in [6.45, 7) is 0.635. The first-order valence-electron chi connectivity index (χ1n) is 6.29. The molecule has 0 aliphatic carbocycles. The van der Waals surface area contributed by atoms with Gasteiger partial charge in [0.15, 0.2) is 0 Å². The molecule has 3 rings (SSSR count). The van der Waals surface area contributed by atoms with Gasteiger partial charge in [-0.15, -0.1) is 0 Å². The summed E-state index contributed by atoms with van der Waals surface area (Å²) >= 11 is 6.18. The van der Waals surface area contributed by atoms with Crippen molar-refractivity contribution in [3.63, 3.8) is 0 Å². The minimum absolute atomic E-state index is 0.431. The van der Waals surface area contributed by atoms with E-state index < -0.39 is 5.54 Å². The lowest BCUT2D eigenvalue weighted by atomic mass is 9.80. The number of nitrogens with two attached hydrogens (primary N) is 1. The zero-order valence-electron chi connectivity index (χ0n) is 10.5. The first kappa shape index (κ1) is 12.5. The van der Waals surface area contributed by atoms with Crippen molar-refractivity contribution in [3.8, 4) is 5.75 Å². The monoisotopic (exact) mass is 274 g/mol. The highest BCUT2D eigenvalue weighted by atomic mass is 35.5. The van der Waals surface area contributed by atoms with Crippen molar-refractivity contribution in [2.24, 2.45) is 5.73 Å². The van der Waals surface area contributed by atoms with Crippen molar-refractivity contribution in [2.75, 3.05) is 6.61 Å². The molecule has 0 fully saturated rings. The van der Waals surface area contributed by atoms with E-state index >= 15 is 0 Å². The maximum Gasteiger partial charge on any atom is 0.124 e. The van der Waals surface area contributed by atoms with Gasteiger partial charge in [-0.2, -0.15) is 0 Å². The van der Waals surface area contributed by atoms with E-state index in [0.717, 1.165) is 23.3 Å². The number of hydrogen-bond donors (Lipinski definition) is 1. The molecule has 1 atom stereocenters. The second-order valence-corrected chi connectivity index (χ2v) is 5.30. The lowest BCUT2D eigenvalue weighted by molar-refractivity contribution is 0.215. The maximum atomic E-state index is 6.61. The highest BCUT2D eigenvalue weighted by Crippen LogP contribution is 2.38. The number of rotatable bonds is 2. The maximum absolute atomic E-state index is 6.61. The summed E-state index contributed by atoms with van der Waals surface area (Å²) in [4.78, 5) is 4.01. The van der Waals surface area contributed by atoms with Gasteiger partial charge in [0, 0.05) is 24.4 Å². The van der Waals surface area contributed by atoms with Crippen LogP contribution in [0.1, 0.15) is 17.5 Å². The Labute approximate surface area is 117 Å². The topological polar surface area (TPSA) is 48.1 Å². The summed E-state index contributed by atoms with van der Waals surface area (Å²) < 4.78 is 5.66. The number of aromatic nitrogens is 1. The third-order valence-electron chi connectivity index (χ3n) is 3.59. The average molecular weight is 275 g/mol. The molecule has 0 saturated heterocycles. The minimum Gasteiger partial charge on any atom is -0.493 e. The van der Waals surface area contributed by atoms with Gasteiger partial charge in [0.05, 0.1) is 17.2 Å². The summed E-state index contributed by atoms with van der Waals surface area (Å²) in [7, 11) is 0. The Balaban J connectivity index is 1.99. The van der Waals surface area contributed by atoms with E-state index in [9.17, 15) is 0 Å². The van der Waals surface area contributed by atoms with E-state index in [2.05, 4.69) is 4.98 Å². The van der Waals surface area contributed by atoms with Crippen molar-refractivity contribution in [3.05, 3.63) is 58.9 Å². The van der Waals surface area contributed by atoms with Crippen molar-refractivity contribution in [1.82, 2.24) is 4.98 Å². The first-order chi connectivity index (χ1) is 9.19. The van der Waals surface area contributed by atoms with Crippen molar-refractivity contribution >= 4 is 11.6 Å². The van der Waals surface area contributed by atoms with Crippen LogP contribution in [0.25, 0.3) is 0 Å². The Morgan fingerprint density at radius 1 is 1.32 bits per heavy atom. The molecule has 19 heavy (non-hydrogen) atoms. The molecule has 2 aromatic rings. The van der Waals surface area contributed by atoms with Crippen LogP contribution in [0, 0.1) is 0 Å². The molecule has 3 nitrogen and oxygen atoms in total. The number of fused-ring (bicyclic) bond motifs is 1. The largest absolute Gasteiger partial charge is 0.493 e. The van der Waals surface area contributed by atoms with Gasteiger partial charge in [0.25, 0.3) is 0 Å². The van der Waals surface area contributed by atoms with Crippen LogP contribution in [0.15, 0.2) is 42.7 Å². The Morgan fingerprint density at radius 2 is 2.16 bits per heavy atom. The molecule has 0 spiro atoms. The molecule has 1 unspecified atom stereocenters. The predicted molar refractivity (Wildman–Crippen MR) is 75.4 cm³/mol. The number of pyridine rings is 1. The Bertz CT molecular complexity index is 602. The molecular weight excluding hydrogens is 260 g/mol. The standard InChI is InChI=1S/C15H15ClN2O/c16-13-10-18-7-5-11(13)9-15(17)6-8-19-14-4-2-1-3-12(14)15/h1-5,7,10H,6,8-9,17H2. The third-order valence-corrected chi connectivity index (χ3v) is 3.93. The molecule has 1 aliphatic heterocycles. The van der Waals surface area contributed by atoms with Gasteiger partial charge in [-0.25, -0.2) is 0 Å². The summed E-state index contributed by atoms with van der Waals surface area (Å²) in [5.74, 6) is 0.876. The number of para-hydroxylation sites is 1. The molecule has 1 aromatic heterocycles. The molecule has 0 amide bonds. The van der Waals surface area contributed by atoms with Gasteiger partial charge in [-0.3, -0.25) is 4.98 Å². The van der Waals surface area contributed by atoms with Crippen LogP contribution in [-0.2, 0) is 12.0 Å². The Hall–Kier alpha value is -1.58. The molecule has 2 heterocycles. The van der Waals surface area contributed by atoms with E-state index in [0.29, 0.717) is 18.1 Å².